The maximum atomic E-state index is 13.1. The standard InChI is InChI=1S/C15H26N2O4S/c1-21-15(18)13-7-2-3-8-14(13)22(19,20)17-9-11-5-4-6-12(10-17)16-11/h11-14,16H,2-10H2,1H3. The Balaban J connectivity index is 1.79. The number of ether oxygens (including phenoxy) is 1. The molecule has 1 aliphatic carbocycles. The Kier molecular flexibility index (Phi) is 4.75. The SMILES string of the molecule is COC(=O)C1CCCCC1S(=O)(=O)N1CC2CCCC(C1)N2. The maximum absolute atomic E-state index is 13.1. The van der Waals surface area contributed by atoms with E-state index in [4.69, 9.17) is 4.74 Å². The molecule has 0 radical (unpaired) electrons. The van der Waals surface area contributed by atoms with Crippen LogP contribution in [-0.2, 0) is 19.6 Å². The van der Waals surface area contributed by atoms with Gasteiger partial charge in [-0.15, -0.1) is 0 Å². The summed E-state index contributed by atoms with van der Waals surface area (Å²) in [6.07, 6.45) is 6.21. The minimum Gasteiger partial charge on any atom is -0.469 e. The molecule has 1 saturated carbocycles. The van der Waals surface area contributed by atoms with E-state index in [-0.39, 0.29) is 18.1 Å². The molecule has 0 aromatic heterocycles. The molecule has 3 aliphatic rings. The van der Waals surface area contributed by atoms with Crippen molar-refractivity contribution in [3.63, 3.8) is 0 Å². The molecule has 2 bridgehead atoms. The molecule has 0 spiro atoms. The fourth-order valence-electron chi connectivity index (χ4n) is 4.24. The Bertz CT molecular complexity index is 510. The molecule has 7 heteroatoms. The fraction of sp³-hybridized carbons (Fsp3) is 0.933. The van der Waals surface area contributed by atoms with Crippen LogP contribution in [-0.4, -0.2) is 56.2 Å². The lowest BCUT2D eigenvalue weighted by Gasteiger charge is -2.43. The van der Waals surface area contributed by atoms with Crippen LogP contribution in [0.3, 0.4) is 0 Å². The van der Waals surface area contributed by atoms with Crippen LogP contribution in [0.25, 0.3) is 0 Å². The van der Waals surface area contributed by atoms with Gasteiger partial charge in [0.05, 0.1) is 18.3 Å². The van der Waals surface area contributed by atoms with E-state index in [1.807, 2.05) is 0 Å². The van der Waals surface area contributed by atoms with Gasteiger partial charge in [0.15, 0.2) is 0 Å². The van der Waals surface area contributed by atoms with E-state index < -0.39 is 21.2 Å². The second-order valence-electron chi connectivity index (χ2n) is 6.81. The molecule has 22 heavy (non-hydrogen) atoms. The first kappa shape index (κ1) is 16.2. The van der Waals surface area contributed by atoms with E-state index in [0.717, 1.165) is 25.7 Å². The molecule has 126 valence electrons. The van der Waals surface area contributed by atoms with E-state index >= 15 is 0 Å². The van der Waals surface area contributed by atoms with Gasteiger partial charge in [-0.3, -0.25) is 4.79 Å². The van der Waals surface area contributed by atoms with Crippen molar-refractivity contribution in [2.45, 2.75) is 62.3 Å². The Labute approximate surface area is 132 Å². The summed E-state index contributed by atoms with van der Waals surface area (Å²) in [5.41, 5.74) is 0. The summed E-state index contributed by atoms with van der Waals surface area (Å²) in [7, 11) is -2.10. The van der Waals surface area contributed by atoms with Crippen molar-refractivity contribution in [1.29, 1.82) is 0 Å². The number of piperidine rings is 1. The molecule has 6 nitrogen and oxygen atoms in total. The van der Waals surface area contributed by atoms with Gasteiger partial charge in [0.25, 0.3) is 0 Å². The second kappa shape index (κ2) is 6.45. The number of fused-ring (bicyclic) bond motifs is 2. The highest BCUT2D eigenvalue weighted by atomic mass is 32.2. The third kappa shape index (κ3) is 3.03. The summed E-state index contributed by atoms with van der Waals surface area (Å²) in [5, 5.41) is 2.90. The Morgan fingerprint density at radius 2 is 1.68 bits per heavy atom. The van der Waals surface area contributed by atoms with Gasteiger partial charge in [0.2, 0.25) is 10.0 Å². The van der Waals surface area contributed by atoms with Crippen molar-refractivity contribution >= 4 is 16.0 Å². The Morgan fingerprint density at radius 1 is 1.05 bits per heavy atom. The van der Waals surface area contributed by atoms with Crippen LogP contribution in [0.1, 0.15) is 44.9 Å². The van der Waals surface area contributed by atoms with Gasteiger partial charge in [-0.1, -0.05) is 19.3 Å². The summed E-state index contributed by atoms with van der Waals surface area (Å²) in [6, 6.07) is 0.532. The number of piperazine rings is 1. The number of carbonyl (C=O) groups is 1. The highest BCUT2D eigenvalue weighted by molar-refractivity contribution is 7.89. The highest BCUT2D eigenvalue weighted by Crippen LogP contribution is 2.34. The Morgan fingerprint density at radius 3 is 2.32 bits per heavy atom. The third-order valence-electron chi connectivity index (χ3n) is 5.37. The van der Waals surface area contributed by atoms with Gasteiger partial charge in [-0.25, -0.2) is 8.42 Å². The molecule has 3 fully saturated rings. The first-order valence-corrected chi connectivity index (χ1v) is 9.85. The maximum Gasteiger partial charge on any atom is 0.310 e. The second-order valence-corrected chi connectivity index (χ2v) is 8.96. The minimum absolute atomic E-state index is 0.266. The molecule has 4 atom stereocenters. The lowest BCUT2D eigenvalue weighted by atomic mass is 9.89. The first-order chi connectivity index (χ1) is 10.5. The predicted molar refractivity (Wildman–Crippen MR) is 82.8 cm³/mol. The van der Waals surface area contributed by atoms with Crippen LogP contribution in [0.15, 0.2) is 0 Å². The summed E-state index contributed by atoms with van der Waals surface area (Å²) < 4.78 is 32.7. The number of nitrogens with zero attached hydrogens (tertiary/aromatic N) is 1. The van der Waals surface area contributed by atoms with Crippen LogP contribution in [0.4, 0.5) is 0 Å². The zero-order chi connectivity index (χ0) is 15.7. The van der Waals surface area contributed by atoms with Crippen LogP contribution in [0, 0.1) is 5.92 Å². The van der Waals surface area contributed by atoms with E-state index in [1.54, 1.807) is 4.31 Å². The first-order valence-electron chi connectivity index (χ1n) is 8.35. The topological polar surface area (TPSA) is 75.7 Å². The van der Waals surface area contributed by atoms with Gasteiger partial charge in [0.1, 0.15) is 0 Å². The number of methoxy groups -OCH3 is 1. The molecule has 0 aromatic carbocycles. The van der Waals surface area contributed by atoms with Gasteiger partial charge in [-0.2, -0.15) is 4.31 Å². The van der Waals surface area contributed by atoms with Gasteiger partial charge >= 0.3 is 5.97 Å². The molecule has 0 amide bonds. The lowest BCUT2D eigenvalue weighted by molar-refractivity contribution is -0.146. The molecule has 0 aromatic rings. The Hall–Kier alpha value is -0.660. The van der Waals surface area contributed by atoms with Gasteiger partial charge in [0, 0.05) is 25.2 Å². The van der Waals surface area contributed by atoms with E-state index in [1.165, 1.54) is 13.5 Å². The molecule has 2 saturated heterocycles. The van der Waals surface area contributed by atoms with Crippen molar-refractivity contribution in [3.05, 3.63) is 0 Å². The van der Waals surface area contributed by atoms with Crippen LogP contribution >= 0.6 is 0 Å². The lowest BCUT2D eigenvalue weighted by Crippen LogP contribution is -2.61. The number of hydrogen-bond acceptors (Lipinski definition) is 5. The number of rotatable bonds is 3. The largest absolute Gasteiger partial charge is 0.469 e. The van der Waals surface area contributed by atoms with Crippen molar-refractivity contribution in [1.82, 2.24) is 9.62 Å². The third-order valence-corrected chi connectivity index (χ3v) is 7.72. The molecular formula is C15H26N2O4S. The minimum atomic E-state index is -3.44. The van der Waals surface area contributed by atoms with Crippen LogP contribution < -0.4 is 5.32 Å². The normalized spacial score (nSPS) is 36.8. The molecule has 1 N–H and O–H groups in total. The number of sulfonamides is 1. The summed E-state index contributed by atoms with van der Waals surface area (Å²) in [6.45, 7) is 1.09. The monoisotopic (exact) mass is 330 g/mol. The summed E-state index contributed by atoms with van der Waals surface area (Å²) in [5.74, 6) is -0.873. The van der Waals surface area contributed by atoms with E-state index in [2.05, 4.69) is 5.32 Å². The van der Waals surface area contributed by atoms with Crippen molar-refractivity contribution < 1.29 is 17.9 Å². The van der Waals surface area contributed by atoms with Crippen molar-refractivity contribution in [2.75, 3.05) is 20.2 Å². The smallest absolute Gasteiger partial charge is 0.310 e. The molecule has 2 heterocycles. The van der Waals surface area contributed by atoms with Crippen molar-refractivity contribution in [2.24, 2.45) is 5.92 Å². The van der Waals surface area contributed by atoms with E-state index in [0.29, 0.717) is 25.9 Å². The molecule has 4 unspecified atom stereocenters. The predicted octanol–water partition coefficient (Wildman–Crippen LogP) is 0.874. The number of esters is 1. The number of nitrogens with one attached hydrogen (secondary N) is 1. The molecular weight excluding hydrogens is 304 g/mol. The van der Waals surface area contributed by atoms with Gasteiger partial charge in [-0.05, 0) is 25.7 Å². The van der Waals surface area contributed by atoms with Gasteiger partial charge < -0.3 is 10.1 Å². The van der Waals surface area contributed by atoms with Crippen molar-refractivity contribution in [3.8, 4) is 0 Å². The van der Waals surface area contributed by atoms with Crippen LogP contribution in [0.5, 0.6) is 0 Å². The average Bonchev–Trinajstić information content (AvgIpc) is 2.53. The number of hydrogen-bond donors (Lipinski definition) is 1. The number of carbonyl (C=O) groups excluding carboxylic acids is 1. The summed E-state index contributed by atoms with van der Waals surface area (Å²) >= 11 is 0. The molecule has 2 aliphatic heterocycles. The fourth-order valence-corrected chi connectivity index (χ4v) is 6.52. The highest BCUT2D eigenvalue weighted by Gasteiger charge is 2.45. The zero-order valence-electron chi connectivity index (χ0n) is 13.2. The zero-order valence-corrected chi connectivity index (χ0v) is 14.0. The van der Waals surface area contributed by atoms with Crippen LogP contribution in [0.2, 0.25) is 0 Å². The van der Waals surface area contributed by atoms with E-state index in [9.17, 15) is 13.2 Å². The summed E-state index contributed by atoms with van der Waals surface area (Å²) in [4.78, 5) is 12.0. The quantitative estimate of drug-likeness (QED) is 0.777. The molecule has 3 rings (SSSR count). The average molecular weight is 330 g/mol.